The van der Waals surface area contributed by atoms with E-state index in [1.54, 1.807) is 7.11 Å². The Labute approximate surface area is 178 Å². The summed E-state index contributed by atoms with van der Waals surface area (Å²) in [6, 6.07) is 14.7. The van der Waals surface area contributed by atoms with Gasteiger partial charge in [0.1, 0.15) is 5.75 Å². The van der Waals surface area contributed by atoms with Crippen LogP contribution in [0.15, 0.2) is 42.5 Å². The lowest BCUT2D eigenvalue weighted by molar-refractivity contribution is -0.133. The van der Waals surface area contributed by atoms with Crippen LogP contribution >= 0.6 is 0 Å². The first-order chi connectivity index (χ1) is 14.6. The SMILES string of the molecule is COc1cccc(-c2ccc3c(c2)[C@@H]2[C@@H](CCN2C(=O)CC2CC2)[C@H](CO)N3C)c1. The van der Waals surface area contributed by atoms with Gasteiger partial charge in [0.25, 0.3) is 0 Å². The standard InChI is InChI=1S/C25H30N2O3/c1-26-22-9-8-18(17-4-3-5-19(13-17)30-2)14-21(22)25-20(23(26)15-28)10-11-27(25)24(29)12-16-6-7-16/h3-5,8-9,13-14,16,20,23,25,28H,6-7,10-12,15H2,1-2H3/t20-,23-,25-/m0/s1. The van der Waals surface area contributed by atoms with Gasteiger partial charge in [-0.05, 0) is 66.1 Å². The average Bonchev–Trinajstić information content (AvgIpc) is 3.48. The van der Waals surface area contributed by atoms with Crippen molar-refractivity contribution in [2.75, 3.05) is 32.2 Å². The number of nitrogens with zero attached hydrogens (tertiary/aromatic N) is 2. The van der Waals surface area contributed by atoms with Gasteiger partial charge in [-0.2, -0.15) is 0 Å². The van der Waals surface area contributed by atoms with E-state index < -0.39 is 0 Å². The molecule has 5 rings (SSSR count). The Balaban J connectivity index is 1.56. The number of ether oxygens (including phenoxy) is 1. The molecule has 2 heterocycles. The number of hydrogen-bond donors (Lipinski definition) is 1. The Kier molecular flexibility index (Phi) is 4.94. The van der Waals surface area contributed by atoms with E-state index in [0.717, 1.165) is 35.5 Å². The Morgan fingerprint density at radius 1 is 1.13 bits per heavy atom. The number of aliphatic hydroxyl groups is 1. The van der Waals surface area contributed by atoms with Crippen LogP contribution in [0.2, 0.25) is 0 Å². The van der Waals surface area contributed by atoms with Crippen LogP contribution in [-0.4, -0.2) is 49.3 Å². The Bertz CT molecular complexity index is 955. The van der Waals surface area contributed by atoms with E-state index in [9.17, 15) is 9.90 Å². The Morgan fingerprint density at radius 2 is 1.93 bits per heavy atom. The molecule has 2 aromatic rings. The van der Waals surface area contributed by atoms with Crippen LogP contribution in [0.4, 0.5) is 5.69 Å². The van der Waals surface area contributed by atoms with Crippen LogP contribution in [0, 0.1) is 11.8 Å². The minimum absolute atomic E-state index is 0.0453. The molecule has 5 nitrogen and oxygen atoms in total. The molecule has 0 aromatic heterocycles. The number of rotatable bonds is 5. The highest BCUT2D eigenvalue weighted by Gasteiger charge is 2.48. The van der Waals surface area contributed by atoms with E-state index in [4.69, 9.17) is 4.74 Å². The number of anilines is 1. The number of methoxy groups -OCH3 is 1. The number of benzene rings is 2. The van der Waals surface area contributed by atoms with Gasteiger partial charge in [0.2, 0.25) is 5.91 Å². The zero-order chi connectivity index (χ0) is 20.8. The van der Waals surface area contributed by atoms with Crippen LogP contribution in [-0.2, 0) is 4.79 Å². The molecule has 0 bridgehead atoms. The van der Waals surface area contributed by atoms with Crippen molar-refractivity contribution in [2.45, 2.75) is 37.8 Å². The van der Waals surface area contributed by atoms with E-state index in [2.05, 4.69) is 41.1 Å². The molecule has 2 aliphatic heterocycles. The van der Waals surface area contributed by atoms with Crippen molar-refractivity contribution in [3.05, 3.63) is 48.0 Å². The van der Waals surface area contributed by atoms with Crippen LogP contribution in [0.5, 0.6) is 5.75 Å². The van der Waals surface area contributed by atoms with Crippen molar-refractivity contribution in [2.24, 2.45) is 11.8 Å². The van der Waals surface area contributed by atoms with Gasteiger partial charge in [-0.25, -0.2) is 0 Å². The number of likely N-dealkylation sites (N-methyl/N-ethyl adjacent to an activating group) is 1. The van der Waals surface area contributed by atoms with E-state index in [0.29, 0.717) is 12.3 Å². The maximum Gasteiger partial charge on any atom is 0.223 e. The normalized spacial score (nSPS) is 25.1. The second kappa shape index (κ2) is 7.62. The highest BCUT2D eigenvalue weighted by atomic mass is 16.5. The molecule has 1 N–H and O–H groups in total. The Morgan fingerprint density at radius 3 is 2.67 bits per heavy atom. The Hall–Kier alpha value is -2.53. The summed E-state index contributed by atoms with van der Waals surface area (Å²) in [4.78, 5) is 17.4. The lowest BCUT2D eigenvalue weighted by atomic mass is 9.81. The summed E-state index contributed by atoms with van der Waals surface area (Å²) in [5, 5.41) is 10.1. The number of likely N-dealkylation sites (tertiary alicyclic amines) is 1. The third-order valence-corrected chi connectivity index (χ3v) is 7.23. The van der Waals surface area contributed by atoms with Crippen molar-refractivity contribution in [1.82, 2.24) is 4.90 Å². The van der Waals surface area contributed by atoms with Crippen LogP contribution in [0.25, 0.3) is 11.1 Å². The molecule has 1 saturated heterocycles. The van der Waals surface area contributed by atoms with Gasteiger partial charge in [0, 0.05) is 31.6 Å². The fourth-order valence-electron chi connectivity index (χ4n) is 5.40. The van der Waals surface area contributed by atoms with Crippen LogP contribution in [0.3, 0.4) is 0 Å². The zero-order valence-electron chi connectivity index (χ0n) is 17.8. The fourth-order valence-corrected chi connectivity index (χ4v) is 5.40. The van der Waals surface area contributed by atoms with Crippen LogP contribution in [0.1, 0.15) is 37.3 Å². The molecule has 158 valence electrons. The number of carbonyl (C=O) groups excluding carboxylic acids is 1. The van der Waals surface area contributed by atoms with E-state index in [1.165, 1.54) is 18.4 Å². The molecule has 30 heavy (non-hydrogen) atoms. The smallest absolute Gasteiger partial charge is 0.223 e. The molecular formula is C25H30N2O3. The van der Waals surface area contributed by atoms with Crippen molar-refractivity contribution >= 4 is 11.6 Å². The molecule has 2 aromatic carbocycles. The third kappa shape index (κ3) is 3.25. The number of fused-ring (bicyclic) bond motifs is 3. The summed E-state index contributed by atoms with van der Waals surface area (Å²) in [5.74, 6) is 1.96. The minimum Gasteiger partial charge on any atom is -0.497 e. The second-order valence-corrected chi connectivity index (χ2v) is 9.00. The van der Waals surface area contributed by atoms with E-state index >= 15 is 0 Å². The van der Waals surface area contributed by atoms with Gasteiger partial charge in [-0.1, -0.05) is 18.2 Å². The highest BCUT2D eigenvalue weighted by molar-refractivity contribution is 5.79. The van der Waals surface area contributed by atoms with Crippen molar-refractivity contribution in [1.29, 1.82) is 0 Å². The summed E-state index contributed by atoms with van der Waals surface area (Å²) in [5.41, 5.74) is 4.56. The quantitative estimate of drug-likeness (QED) is 0.819. The fraction of sp³-hybridized carbons (Fsp3) is 0.480. The summed E-state index contributed by atoms with van der Waals surface area (Å²) in [6.45, 7) is 0.896. The number of amides is 1. The van der Waals surface area contributed by atoms with Gasteiger partial charge < -0.3 is 19.6 Å². The molecule has 1 saturated carbocycles. The predicted octanol–water partition coefficient (Wildman–Crippen LogP) is 3.86. The largest absolute Gasteiger partial charge is 0.497 e. The minimum atomic E-state index is 0.0453. The molecular weight excluding hydrogens is 376 g/mol. The second-order valence-electron chi connectivity index (χ2n) is 9.00. The number of carbonyl (C=O) groups is 1. The van der Waals surface area contributed by atoms with Gasteiger partial charge in [-0.3, -0.25) is 4.79 Å². The summed E-state index contributed by atoms with van der Waals surface area (Å²) in [6.07, 6.45) is 3.99. The van der Waals surface area contributed by atoms with Crippen molar-refractivity contribution in [3.8, 4) is 16.9 Å². The molecule has 2 fully saturated rings. The van der Waals surface area contributed by atoms with Gasteiger partial charge in [-0.15, -0.1) is 0 Å². The third-order valence-electron chi connectivity index (χ3n) is 7.23. The lowest BCUT2D eigenvalue weighted by Gasteiger charge is -2.44. The molecule has 0 unspecified atom stereocenters. The lowest BCUT2D eigenvalue weighted by Crippen LogP contribution is -2.48. The monoisotopic (exact) mass is 406 g/mol. The summed E-state index contributed by atoms with van der Waals surface area (Å²) in [7, 11) is 3.75. The maximum absolute atomic E-state index is 13.1. The summed E-state index contributed by atoms with van der Waals surface area (Å²) >= 11 is 0. The highest BCUT2D eigenvalue weighted by Crippen LogP contribution is 2.50. The predicted molar refractivity (Wildman–Crippen MR) is 118 cm³/mol. The van der Waals surface area contributed by atoms with Crippen molar-refractivity contribution in [3.63, 3.8) is 0 Å². The molecule has 1 amide bonds. The first-order valence-corrected chi connectivity index (χ1v) is 11.0. The first-order valence-electron chi connectivity index (χ1n) is 11.0. The number of hydrogen-bond acceptors (Lipinski definition) is 4. The van der Waals surface area contributed by atoms with Gasteiger partial charge in [0.15, 0.2) is 0 Å². The molecule has 5 heteroatoms. The molecule has 1 aliphatic carbocycles. The van der Waals surface area contributed by atoms with E-state index in [-0.39, 0.29) is 30.5 Å². The average molecular weight is 407 g/mol. The molecule has 3 aliphatic rings. The number of aliphatic hydroxyl groups excluding tert-OH is 1. The summed E-state index contributed by atoms with van der Waals surface area (Å²) < 4.78 is 5.41. The van der Waals surface area contributed by atoms with E-state index in [1.807, 2.05) is 18.2 Å². The molecule has 3 atom stereocenters. The van der Waals surface area contributed by atoms with Crippen molar-refractivity contribution < 1.29 is 14.6 Å². The van der Waals surface area contributed by atoms with Crippen LogP contribution < -0.4 is 9.64 Å². The zero-order valence-corrected chi connectivity index (χ0v) is 17.8. The van der Waals surface area contributed by atoms with Gasteiger partial charge >= 0.3 is 0 Å². The van der Waals surface area contributed by atoms with Gasteiger partial charge in [0.05, 0.1) is 25.8 Å². The molecule has 0 spiro atoms. The maximum atomic E-state index is 13.1. The first kappa shape index (κ1) is 19.4. The molecule has 0 radical (unpaired) electrons. The topological polar surface area (TPSA) is 53.0 Å².